The number of carbonyl (C=O) groups is 2. The zero-order chi connectivity index (χ0) is 18.8. The number of hydrogen-bond acceptors (Lipinski definition) is 5. The van der Waals surface area contributed by atoms with Crippen LogP contribution in [0.3, 0.4) is 0 Å². The summed E-state index contributed by atoms with van der Waals surface area (Å²) in [6.45, 7) is 1.01. The average Bonchev–Trinajstić information content (AvgIpc) is 2.66. The van der Waals surface area contributed by atoms with Gasteiger partial charge in [-0.2, -0.15) is 0 Å². The minimum atomic E-state index is -0.451. The standard InChI is InChI=1S/C19H20ClNO4S/c1-24-11-10-21-18(22)13-26-17-9-5-3-7-15(17)19(23)25-12-14-6-2-4-8-16(14)20/h2-9H,10-13H2,1H3,(H,21,22). The molecule has 0 saturated heterocycles. The van der Waals surface area contributed by atoms with Crippen molar-refractivity contribution in [1.82, 2.24) is 5.32 Å². The van der Waals surface area contributed by atoms with Crippen molar-refractivity contribution >= 4 is 35.2 Å². The summed E-state index contributed by atoms with van der Waals surface area (Å²) >= 11 is 7.36. The number of thioether (sulfide) groups is 1. The van der Waals surface area contributed by atoms with Crippen LogP contribution in [0.4, 0.5) is 0 Å². The Morgan fingerprint density at radius 2 is 1.85 bits per heavy atom. The topological polar surface area (TPSA) is 64.6 Å². The van der Waals surface area contributed by atoms with Crippen molar-refractivity contribution in [1.29, 1.82) is 0 Å². The van der Waals surface area contributed by atoms with E-state index < -0.39 is 5.97 Å². The minimum Gasteiger partial charge on any atom is -0.457 e. The molecule has 0 aliphatic carbocycles. The minimum absolute atomic E-state index is 0.0923. The molecule has 0 heterocycles. The van der Waals surface area contributed by atoms with Crippen molar-refractivity contribution in [2.24, 2.45) is 0 Å². The third kappa shape index (κ3) is 6.37. The Labute approximate surface area is 162 Å². The van der Waals surface area contributed by atoms with Crippen molar-refractivity contribution in [3.05, 3.63) is 64.7 Å². The van der Waals surface area contributed by atoms with E-state index in [9.17, 15) is 9.59 Å². The molecule has 0 spiro atoms. The van der Waals surface area contributed by atoms with Crippen molar-refractivity contribution in [2.45, 2.75) is 11.5 Å². The van der Waals surface area contributed by atoms with E-state index in [0.717, 1.165) is 5.56 Å². The Balaban J connectivity index is 1.93. The normalized spacial score (nSPS) is 10.4. The second-order valence-electron chi connectivity index (χ2n) is 5.30. The number of carbonyl (C=O) groups excluding carboxylic acids is 2. The van der Waals surface area contributed by atoms with Crippen molar-refractivity contribution < 1.29 is 19.1 Å². The Bertz CT molecular complexity index is 754. The number of hydrogen-bond donors (Lipinski definition) is 1. The molecule has 0 radical (unpaired) electrons. The van der Waals surface area contributed by atoms with Gasteiger partial charge in [0.05, 0.1) is 17.9 Å². The maximum absolute atomic E-state index is 12.4. The highest BCUT2D eigenvalue weighted by Crippen LogP contribution is 2.24. The second kappa shape index (κ2) is 10.9. The zero-order valence-electron chi connectivity index (χ0n) is 14.4. The van der Waals surface area contributed by atoms with Crippen molar-refractivity contribution in [3.8, 4) is 0 Å². The zero-order valence-corrected chi connectivity index (χ0v) is 15.9. The number of esters is 1. The Morgan fingerprint density at radius 1 is 1.12 bits per heavy atom. The molecule has 0 unspecified atom stereocenters. The van der Waals surface area contributed by atoms with Gasteiger partial charge in [0.2, 0.25) is 5.91 Å². The number of amides is 1. The van der Waals surface area contributed by atoms with Gasteiger partial charge in [-0.15, -0.1) is 11.8 Å². The maximum Gasteiger partial charge on any atom is 0.339 e. The number of methoxy groups -OCH3 is 1. The smallest absolute Gasteiger partial charge is 0.339 e. The van der Waals surface area contributed by atoms with Crippen LogP contribution >= 0.6 is 23.4 Å². The number of benzene rings is 2. The first-order valence-corrected chi connectivity index (χ1v) is 9.36. The number of ether oxygens (including phenoxy) is 2. The van der Waals surface area contributed by atoms with E-state index in [1.54, 1.807) is 37.4 Å². The molecule has 0 saturated carbocycles. The summed E-state index contributed by atoms with van der Waals surface area (Å²) in [6.07, 6.45) is 0. The molecular weight excluding hydrogens is 374 g/mol. The highest BCUT2D eigenvalue weighted by molar-refractivity contribution is 8.00. The third-order valence-electron chi connectivity index (χ3n) is 3.41. The molecule has 1 N–H and O–H groups in total. The molecule has 0 fully saturated rings. The van der Waals surface area contributed by atoms with Crippen LogP contribution in [-0.4, -0.2) is 37.9 Å². The summed E-state index contributed by atoms with van der Waals surface area (Å²) in [4.78, 5) is 24.9. The third-order valence-corrected chi connectivity index (χ3v) is 4.85. The highest BCUT2D eigenvalue weighted by atomic mass is 35.5. The lowest BCUT2D eigenvalue weighted by Crippen LogP contribution is -2.28. The van der Waals surface area contributed by atoms with E-state index >= 15 is 0 Å². The van der Waals surface area contributed by atoms with E-state index in [0.29, 0.717) is 28.6 Å². The highest BCUT2D eigenvalue weighted by Gasteiger charge is 2.14. The van der Waals surface area contributed by atoms with Crippen LogP contribution < -0.4 is 5.32 Å². The molecule has 5 nitrogen and oxygen atoms in total. The molecule has 7 heteroatoms. The van der Waals surface area contributed by atoms with Gasteiger partial charge in [-0.25, -0.2) is 4.79 Å². The van der Waals surface area contributed by atoms with Gasteiger partial charge in [-0.3, -0.25) is 4.79 Å². The first-order chi connectivity index (χ1) is 12.6. The molecular formula is C19H20ClNO4S. The van der Waals surface area contributed by atoms with Crippen LogP contribution in [0.15, 0.2) is 53.4 Å². The molecule has 0 bridgehead atoms. The molecule has 2 aromatic rings. The summed E-state index contributed by atoms with van der Waals surface area (Å²) in [5.41, 5.74) is 1.17. The van der Waals surface area contributed by atoms with Gasteiger partial charge in [-0.05, 0) is 18.2 Å². The molecule has 0 atom stereocenters. The fraction of sp³-hybridized carbons (Fsp3) is 0.263. The quantitative estimate of drug-likeness (QED) is 0.401. The van der Waals surface area contributed by atoms with Gasteiger partial charge in [0.1, 0.15) is 6.61 Å². The summed E-state index contributed by atoms with van der Waals surface area (Å²) in [6, 6.07) is 14.2. The monoisotopic (exact) mass is 393 g/mol. The molecule has 0 aliphatic heterocycles. The predicted octanol–water partition coefficient (Wildman–Crippen LogP) is 3.55. The SMILES string of the molecule is COCCNC(=O)CSc1ccccc1C(=O)OCc1ccccc1Cl. The molecule has 1 amide bonds. The average molecular weight is 394 g/mol. The van der Waals surface area contributed by atoms with Gasteiger partial charge in [0, 0.05) is 29.1 Å². The van der Waals surface area contributed by atoms with Crippen LogP contribution in [-0.2, 0) is 20.9 Å². The molecule has 0 aromatic heterocycles. The van der Waals surface area contributed by atoms with Crippen LogP contribution in [0.5, 0.6) is 0 Å². The lowest BCUT2D eigenvalue weighted by molar-refractivity contribution is -0.118. The Hall–Kier alpha value is -2.02. The van der Waals surface area contributed by atoms with Crippen molar-refractivity contribution in [3.63, 3.8) is 0 Å². The largest absolute Gasteiger partial charge is 0.457 e. The van der Waals surface area contributed by atoms with E-state index in [1.807, 2.05) is 18.2 Å². The van der Waals surface area contributed by atoms with Crippen molar-refractivity contribution in [2.75, 3.05) is 26.0 Å². The van der Waals surface area contributed by atoms with Gasteiger partial charge < -0.3 is 14.8 Å². The molecule has 2 rings (SSSR count). The lowest BCUT2D eigenvalue weighted by atomic mass is 10.2. The van der Waals surface area contributed by atoms with Gasteiger partial charge in [-0.1, -0.05) is 41.9 Å². The van der Waals surface area contributed by atoms with Crippen LogP contribution in [0.2, 0.25) is 5.02 Å². The van der Waals surface area contributed by atoms with Crippen LogP contribution in [0.1, 0.15) is 15.9 Å². The summed E-state index contributed by atoms with van der Waals surface area (Å²) < 4.78 is 10.3. The molecule has 0 aliphatic rings. The van der Waals surface area contributed by atoms with Gasteiger partial charge in [0.25, 0.3) is 0 Å². The van der Waals surface area contributed by atoms with Crippen LogP contribution in [0, 0.1) is 0 Å². The summed E-state index contributed by atoms with van der Waals surface area (Å²) in [7, 11) is 1.57. The number of halogens is 1. The fourth-order valence-electron chi connectivity index (χ4n) is 2.08. The van der Waals surface area contributed by atoms with E-state index in [-0.39, 0.29) is 18.3 Å². The van der Waals surface area contributed by atoms with Crippen LogP contribution in [0.25, 0.3) is 0 Å². The lowest BCUT2D eigenvalue weighted by Gasteiger charge is -2.10. The van der Waals surface area contributed by atoms with Gasteiger partial charge >= 0.3 is 5.97 Å². The van der Waals surface area contributed by atoms with E-state index in [2.05, 4.69) is 5.32 Å². The molecule has 138 valence electrons. The van der Waals surface area contributed by atoms with E-state index in [4.69, 9.17) is 21.1 Å². The number of nitrogens with one attached hydrogen (secondary N) is 1. The first-order valence-electron chi connectivity index (χ1n) is 8.00. The summed E-state index contributed by atoms with van der Waals surface area (Å²) in [5, 5.41) is 3.29. The summed E-state index contributed by atoms with van der Waals surface area (Å²) in [5.74, 6) is -0.363. The Morgan fingerprint density at radius 3 is 2.62 bits per heavy atom. The second-order valence-corrected chi connectivity index (χ2v) is 6.72. The number of rotatable bonds is 9. The first kappa shape index (κ1) is 20.3. The van der Waals surface area contributed by atoms with E-state index in [1.165, 1.54) is 11.8 Å². The molecule has 2 aromatic carbocycles. The molecule has 26 heavy (non-hydrogen) atoms. The predicted molar refractivity (Wildman–Crippen MR) is 103 cm³/mol. The maximum atomic E-state index is 12.4. The van der Waals surface area contributed by atoms with Gasteiger partial charge in [0.15, 0.2) is 0 Å². The fourth-order valence-corrected chi connectivity index (χ4v) is 3.15. The Kier molecular flexibility index (Phi) is 8.47.